The van der Waals surface area contributed by atoms with Crippen molar-refractivity contribution >= 4 is 39.3 Å². The first-order chi connectivity index (χ1) is 16.2. The number of carbonyl (C=O) groups excluding carboxylic acids is 1. The summed E-state index contributed by atoms with van der Waals surface area (Å²) in [4.78, 5) is 30.0. The van der Waals surface area contributed by atoms with E-state index in [2.05, 4.69) is 27.3 Å². The van der Waals surface area contributed by atoms with Gasteiger partial charge in [-0.2, -0.15) is 0 Å². The predicted molar refractivity (Wildman–Crippen MR) is 129 cm³/mol. The van der Waals surface area contributed by atoms with Crippen molar-refractivity contribution in [1.82, 2.24) is 24.2 Å². The summed E-state index contributed by atoms with van der Waals surface area (Å²) in [6.07, 6.45) is 2.99. The third-order valence-corrected chi connectivity index (χ3v) is 6.84. The van der Waals surface area contributed by atoms with Crippen molar-refractivity contribution in [2.75, 3.05) is 64.4 Å². The van der Waals surface area contributed by atoms with E-state index in [0.29, 0.717) is 37.5 Å². The van der Waals surface area contributed by atoms with E-state index in [-0.39, 0.29) is 5.91 Å². The van der Waals surface area contributed by atoms with Gasteiger partial charge in [-0.15, -0.1) is 0 Å². The van der Waals surface area contributed by atoms with Crippen LogP contribution >= 0.6 is 0 Å². The first-order valence-corrected chi connectivity index (χ1v) is 11.7. The average molecular weight is 445 g/mol. The van der Waals surface area contributed by atoms with Crippen LogP contribution in [-0.4, -0.2) is 89.6 Å². The summed E-state index contributed by atoms with van der Waals surface area (Å²) < 4.78 is 7.54. The van der Waals surface area contributed by atoms with Crippen LogP contribution < -0.4 is 4.90 Å². The maximum Gasteiger partial charge on any atom is 0.257 e. The second-order valence-electron chi connectivity index (χ2n) is 8.93. The average Bonchev–Trinajstić information content (AvgIpc) is 3.12. The van der Waals surface area contributed by atoms with Gasteiger partial charge in [0.15, 0.2) is 5.65 Å². The summed E-state index contributed by atoms with van der Waals surface area (Å²) in [6.45, 7) is 6.38. The van der Waals surface area contributed by atoms with Crippen molar-refractivity contribution in [3.8, 4) is 0 Å². The number of hydrogen-bond donors (Lipinski definition) is 0. The number of para-hydroxylation sites is 2. The molecule has 1 amide bonds. The summed E-state index contributed by atoms with van der Waals surface area (Å²) in [5.74, 6) is 0.00547. The molecule has 0 N–H and O–H groups in total. The minimum atomic E-state index is 0.00547. The number of likely N-dealkylation sites (N-methyl/N-ethyl adjacent to an activating group) is 1. The zero-order valence-corrected chi connectivity index (χ0v) is 18.9. The second kappa shape index (κ2) is 8.28. The predicted octanol–water partition coefficient (Wildman–Crippen LogP) is 2.65. The molecular formula is C25H28N6O2. The van der Waals surface area contributed by atoms with E-state index >= 15 is 0 Å². The third kappa shape index (κ3) is 3.50. The molecule has 1 aromatic carbocycles. The van der Waals surface area contributed by atoms with Crippen molar-refractivity contribution < 1.29 is 9.53 Å². The zero-order chi connectivity index (χ0) is 22.4. The van der Waals surface area contributed by atoms with E-state index in [9.17, 15) is 4.79 Å². The molecule has 4 aromatic rings. The molecule has 6 rings (SSSR count). The largest absolute Gasteiger partial charge is 0.378 e. The lowest BCUT2D eigenvalue weighted by Crippen LogP contribution is -2.40. The number of amides is 1. The Morgan fingerprint density at radius 2 is 1.82 bits per heavy atom. The molecule has 8 heteroatoms. The van der Waals surface area contributed by atoms with Crippen LogP contribution in [0.3, 0.4) is 0 Å². The normalized spacial score (nSPS) is 18.3. The lowest BCUT2D eigenvalue weighted by molar-refractivity contribution is 0.0304. The number of ether oxygens (including phenoxy) is 1. The molecule has 0 atom stereocenters. The number of fused-ring (bicyclic) bond motifs is 5. The van der Waals surface area contributed by atoms with E-state index in [0.717, 1.165) is 60.4 Å². The van der Waals surface area contributed by atoms with Gasteiger partial charge in [0.1, 0.15) is 5.65 Å². The molecule has 2 fully saturated rings. The van der Waals surface area contributed by atoms with Crippen molar-refractivity contribution in [2.45, 2.75) is 6.42 Å². The molecule has 0 unspecified atom stereocenters. The highest BCUT2D eigenvalue weighted by Gasteiger charge is 2.25. The van der Waals surface area contributed by atoms with Crippen LogP contribution in [-0.2, 0) is 4.74 Å². The fourth-order valence-corrected chi connectivity index (χ4v) is 5.06. The van der Waals surface area contributed by atoms with Gasteiger partial charge in [0, 0.05) is 50.0 Å². The van der Waals surface area contributed by atoms with Crippen LogP contribution in [0, 0.1) is 0 Å². The van der Waals surface area contributed by atoms with E-state index in [4.69, 9.17) is 14.7 Å². The van der Waals surface area contributed by atoms with Gasteiger partial charge in [-0.1, -0.05) is 12.1 Å². The molecule has 8 nitrogen and oxygen atoms in total. The van der Waals surface area contributed by atoms with E-state index in [1.807, 2.05) is 41.4 Å². The highest BCUT2D eigenvalue weighted by Crippen LogP contribution is 2.32. The monoisotopic (exact) mass is 444 g/mol. The van der Waals surface area contributed by atoms with Gasteiger partial charge in [0.05, 0.1) is 29.8 Å². The topological polar surface area (TPSA) is 66.2 Å². The Balaban J connectivity index is 1.60. The summed E-state index contributed by atoms with van der Waals surface area (Å²) in [7, 11) is 2.18. The molecule has 5 heterocycles. The van der Waals surface area contributed by atoms with Crippen LogP contribution in [0.25, 0.3) is 27.7 Å². The van der Waals surface area contributed by atoms with Gasteiger partial charge < -0.3 is 19.4 Å². The molecule has 0 saturated carbocycles. The third-order valence-electron chi connectivity index (χ3n) is 6.84. The molecule has 0 aliphatic carbocycles. The molecule has 0 spiro atoms. The Bertz CT molecular complexity index is 1340. The molecule has 0 radical (unpaired) electrons. The smallest absolute Gasteiger partial charge is 0.257 e. The number of imidazole rings is 1. The Kier molecular flexibility index (Phi) is 5.11. The molecule has 33 heavy (non-hydrogen) atoms. The number of nitrogens with zero attached hydrogens (tertiary/aromatic N) is 6. The number of hydrogen-bond acceptors (Lipinski definition) is 6. The van der Waals surface area contributed by atoms with Crippen LogP contribution in [0.1, 0.15) is 16.8 Å². The SMILES string of the molecule is CN1CCCN(c2ccnc3c2cc(C(=O)N2CCOCC2)c2nc4ccccc4n23)CC1. The number of morpholine rings is 1. The Morgan fingerprint density at radius 3 is 2.70 bits per heavy atom. The number of rotatable bonds is 2. The number of aromatic nitrogens is 3. The number of anilines is 1. The van der Waals surface area contributed by atoms with Crippen LogP contribution in [0.4, 0.5) is 5.69 Å². The molecule has 2 aliphatic rings. The van der Waals surface area contributed by atoms with Crippen molar-refractivity contribution in [3.63, 3.8) is 0 Å². The van der Waals surface area contributed by atoms with Gasteiger partial charge in [-0.05, 0) is 44.3 Å². The maximum atomic E-state index is 13.7. The first kappa shape index (κ1) is 20.4. The summed E-state index contributed by atoms with van der Waals surface area (Å²) >= 11 is 0. The summed E-state index contributed by atoms with van der Waals surface area (Å²) in [5, 5.41) is 0.995. The van der Waals surface area contributed by atoms with Crippen LogP contribution in [0.15, 0.2) is 42.6 Å². The Labute approximate surface area is 192 Å². The Morgan fingerprint density at radius 1 is 0.970 bits per heavy atom. The lowest BCUT2D eigenvalue weighted by Gasteiger charge is -2.28. The molecule has 3 aromatic heterocycles. The highest BCUT2D eigenvalue weighted by molar-refractivity contribution is 6.07. The van der Waals surface area contributed by atoms with Gasteiger partial charge >= 0.3 is 0 Å². The van der Waals surface area contributed by atoms with Crippen molar-refractivity contribution in [3.05, 3.63) is 48.2 Å². The van der Waals surface area contributed by atoms with Crippen LogP contribution in [0.2, 0.25) is 0 Å². The van der Waals surface area contributed by atoms with Gasteiger partial charge in [0.2, 0.25) is 0 Å². The minimum absolute atomic E-state index is 0.00547. The first-order valence-electron chi connectivity index (χ1n) is 11.7. The molecule has 170 valence electrons. The van der Waals surface area contributed by atoms with Crippen molar-refractivity contribution in [1.29, 1.82) is 0 Å². The van der Waals surface area contributed by atoms with Gasteiger partial charge in [-0.3, -0.25) is 9.20 Å². The Hall–Kier alpha value is -3.23. The van der Waals surface area contributed by atoms with Gasteiger partial charge in [-0.25, -0.2) is 9.97 Å². The standard InChI is InChI=1S/C25H28N6O2/c1-28-9-4-10-29(12-11-28)21-7-8-26-23-18(21)17-19(25(32)30-13-15-33-16-14-30)24-27-20-5-2-3-6-22(20)31(23)24/h2-3,5-8,17H,4,9-16H2,1H3. The van der Waals surface area contributed by atoms with Gasteiger partial charge in [0.25, 0.3) is 5.91 Å². The van der Waals surface area contributed by atoms with E-state index < -0.39 is 0 Å². The minimum Gasteiger partial charge on any atom is -0.378 e. The molecule has 2 aliphatic heterocycles. The maximum absolute atomic E-state index is 13.7. The molecule has 2 saturated heterocycles. The van der Waals surface area contributed by atoms with E-state index in [1.165, 1.54) is 0 Å². The number of pyridine rings is 2. The second-order valence-corrected chi connectivity index (χ2v) is 8.93. The number of benzene rings is 1. The molecule has 0 bridgehead atoms. The fraction of sp³-hybridized carbons (Fsp3) is 0.400. The van der Waals surface area contributed by atoms with E-state index in [1.54, 1.807) is 0 Å². The summed E-state index contributed by atoms with van der Waals surface area (Å²) in [6, 6.07) is 12.1. The molecular weight excluding hydrogens is 416 g/mol. The zero-order valence-electron chi connectivity index (χ0n) is 18.9. The summed E-state index contributed by atoms with van der Waals surface area (Å²) in [5.41, 5.74) is 5.10. The van der Waals surface area contributed by atoms with Crippen LogP contribution in [0.5, 0.6) is 0 Å². The highest BCUT2D eigenvalue weighted by atomic mass is 16.5. The quantitative estimate of drug-likeness (QED) is 0.474. The number of carbonyl (C=O) groups is 1. The fourth-order valence-electron chi connectivity index (χ4n) is 5.06. The lowest BCUT2D eigenvalue weighted by atomic mass is 10.1. The van der Waals surface area contributed by atoms with Crippen molar-refractivity contribution in [2.24, 2.45) is 0 Å².